The molecule has 6 heterocycles. The van der Waals surface area contributed by atoms with Gasteiger partial charge in [0.1, 0.15) is 17.8 Å². The van der Waals surface area contributed by atoms with Crippen molar-refractivity contribution in [1.29, 1.82) is 0 Å². The van der Waals surface area contributed by atoms with E-state index in [4.69, 9.17) is 38.1 Å². The van der Waals surface area contributed by atoms with Gasteiger partial charge in [-0.25, -0.2) is 14.6 Å². The highest BCUT2D eigenvalue weighted by atomic mass is 35.5. The van der Waals surface area contributed by atoms with Crippen LogP contribution in [0, 0.1) is 27.7 Å². The summed E-state index contributed by atoms with van der Waals surface area (Å²) in [4.78, 5) is 28.7. The Balaban J connectivity index is 1.12. The molecule has 1 amide bonds. The molecule has 13 heteroatoms. The van der Waals surface area contributed by atoms with Crippen molar-refractivity contribution in [3.63, 3.8) is 0 Å². The van der Waals surface area contributed by atoms with E-state index in [0.29, 0.717) is 54.9 Å². The highest BCUT2D eigenvalue weighted by Crippen LogP contribution is 2.47. The van der Waals surface area contributed by atoms with Crippen molar-refractivity contribution < 1.29 is 9.53 Å². The highest BCUT2D eigenvalue weighted by molar-refractivity contribution is 6.35. The molecule has 0 bridgehead atoms. The van der Waals surface area contributed by atoms with Gasteiger partial charge in [0.2, 0.25) is 0 Å². The number of fused-ring (bicyclic) bond motifs is 4. The van der Waals surface area contributed by atoms with Crippen LogP contribution in [0.2, 0.25) is 10.0 Å². The maximum atomic E-state index is 15.4. The van der Waals surface area contributed by atoms with Crippen LogP contribution in [0.25, 0.3) is 39.2 Å². The summed E-state index contributed by atoms with van der Waals surface area (Å²) in [6, 6.07) is 19.8. The number of rotatable bonds is 9. The van der Waals surface area contributed by atoms with Crippen LogP contribution in [0.3, 0.4) is 0 Å². The van der Waals surface area contributed by atoms with Crippen LogP contribution in [-0.4, -0.2) is 71.6 Å². The average molecular weight is 815 g/mol. The monoisotopic (exact) mass is 813 g/mol. The van der Waals surface area contributed by atoms with Crippen LogP contribution >= 0.6 is 23.2 Å². The fourth-order valence-electron chi connectivity index (χ4n) is 9.05. The normalized spacial score (nSPS) is 16.4. The van der Waals surface area contributed by atoms with Gasteiger partial charge < -0.3 is 19.1 Å². The number of ether oxygens (including phenoxy) is 1. The van der Waals surface area contributed by atoms with E-state index in [1.165, 1.54) is 0 Å². The maximum absolute atomic E-state index is 15.4. The smallest absolute Gasteiger partial charge is 0.271 e. The van der Waals surface area contributed by atoms with Crippen LogP contribution in [-0.2, 0) is 13.5 Å². The standard InChI is InChI=1S/C45H45Cl2N9O2/c1-25-19-31(20-26(2)41(25)47)58-18-10-11-32-33-14-15-35(46)40(39-28(4)50-53(7)29(39)5)42(33)56-27(3)22-54(45(57)43(32)56)37-23-52(6)36-16-13-30(21-34(36)37)44-49-24-55(51-44)38-12-8-9-17-48-38/h8-9,12-17,19-21,24,27,37H,10-11,18,22-23H2,1-7H3/t27-,37?/m1/s1. The first-order valence-corrected chi connectivity index (χ1v) is 20.4. The predicted octanol–water partition coefficient (Wildman–Crippen LogP) is 9.44. The molecular formula is C45H45Cl2N9O2. The Morgan fingerprint density at radius 2 is 1.69 bits per heavy atom. The lowest BCUT2D eigenvalue weighted by Crippen LogP contribution is -2.45. The van der Waals surface area contributed by atoms with E-state index in [1.54, 1.807) is 17.2 Å². The number of carbonyl (C=O) groups is 1. The minimum Gasteiger partial charge on any atom is -0.494 e. The molecule has 0 fully saturated rings. The van der Waals surface area contributed by atoms with E-state index in [1.807, 2.05) is 68.9 Å². The van der Waals surface area contributed by atoms with E-state index in [9.17, 15) is 0 Å². The van der Waals surface area contributed by atoms with Crippen molar-refractivity contribution >= 4 is 45.7 Å². The zero-order valence-corrected chi connectivity index (χ0v) is 35.2. The highest BCUT2D eigenvalue weighted by Gasteiger charge is 2.42. The predicted molar refractivity (Wildman–Crippen MR) is 230 cm³/mol. The summed E-state index contributed by atoms with van der Waals surface area (Å²) in [5.41, 5.74) is 11.5. The molecule has 0 spiro atoms. The summed E-state index contributed by atoms with van der Waals surface area (Å²) in [7, 11) is 4.04. The van der Waals surface area contributed by atoms with Gasteiger partial charge in [-0.05, 0) is 113 Å². The molecule has 0 N–H and O–H groups in total. The molecule has 0 radical (unpaired) electrons. The first kappa shape index (κ1) is 37.9. The van der Waals surface area contributed by atoms with Crippen LogP contribution in [0.5, 0.6) is 5.75 Å². The number of carbonyl (C=O) groups excluding carboxylic acids is 1. The number of pyridine rings is 1. The molecule has 4 aromatic heterocycles. The maximum Gasteiger partial charge on any atom is 0.271 e. The number of halogens is 2. The van der Waals surface area contributed by atoms with Gasteiger partial charge in [0, 0.05) is 83.5 Å². The molecule has 7 aromatic rings. The van der Waals surface area contributed by atoms with Gasteiger partial charge in [0.05, 0.1) is 28.9 Å². The van der Waals surface area contributed by atoms with Gasteiger partial charge in [-0.1, -0.05) is 35.3 Å². The first-order valence-electron chi connectivity index (χ1n) is 19.7. The molecule has 58 heavy (non-hydrogen) atoms. The molecule has 2 atom stereocenters. The van der Waals surface area contributed by atoms with E-state index in [-0.39, 0.29) is 18.0 Å². The Labute approximate surface area is 347 Å². The summed E-state index contributed by atoms with van der Waals surface area (Å²) in [5.74, 6) is 2.08. The SMILES string of the molecule is Cc1cc(OCCCc2c3n(c4c(-c5c(C)nn(C)c5C)c(Cl)ccc24)[C@H](C)CN(C2CN(C)c4ccc(-c5ncn(-c6ccccn6)n5)cc42)C3=O)cc(C)c1Cl. The second-order valence-electron chi connectivity index (χ2n) is 15.7. The molecule has 2 aliphatic heterocycles. The minimum atomic E-state index is -0.182. The molecule has 0 saturated heterocycles. The molecule has 0 saturated carbocycles. The molecule has 2 aliphatic rings. The second kappa shape index (κ2) is 14.6. The molecule has 9 rings (SSSR count). The first-order chi connectivity index (χ1) is 27.9. The summed E-state index contributed by atoms with van der Waals surface area (Å²) < 4.78 is 12.1. The summed E-state index contributed by atoms with van der Waals surface area (Å²) >= 11 is 13.6. The number of amides is 1. The number of aryl methyl sites for hydroxylation is 5. The van der Waals surface area contributed by atoms with Gasteiger partial charge in [0.15, 0.2) is 11.6 Å². The van der Waals surface area contributed by atoms with E-state index in [0.717, 1.165) is 77.7 Å². The van der Waals surface area contributed by atoms with Crippen LogP contribution < -0.4 is 9.64 Å². The fourth-order valence-corrected chi connectivity index (χ4v) is 9.41. The molecule has 3 aromatic carbocycles. The van der Waals surface area contributed by atoms with Crippen molar-refractivity contribution in [3.05, 3.63) is 123 Å². The van der Waals surface area contributed by atoms with Crippen molar-refractivity contribution in [1.82, 2.24) is 39.0 Å². The van der Waals surface area contributed by atoms with Crippen molar-refractivity contribution in [3.8, 4) is 34.1 Å². The Morgan fingerprint density at radius 1 is 0.897 bits per heavy atom. The molecule has 11 nitrogen and oxygen atoms in total. The third kappa shape index (κ3) is 6.23. The lowest BCUT2D eigenvalue weighted by molar-refractivity contribution is 0.0597. The number of likely N-dealkylation sites (N-methyl/N-ethyl adjacent to an activating group) is 1. The second-order valence-corrected chi connectivity index (χ2v) is 16.5. The Kier molecular flexibility index (Phi) is 9.56. The van der Waals surface area contributed by atoms with Crippen LogP contribution in [0.15, 0.2) is 73.2 Å². The van der Waals surface area contributed by atoms with Gasteiger partial charge in [0.25, 0.3) is 5.91 Å². The van der Waals surface area contributed by atoms with E-state index in [2.05, 4.69) is 69.5 Å². The van der Waals surface area contributed by atoms with Crippen LogP contribution in [0.1, 0.15) is 69.6 Å². The topological polar surface area (TPSA) is 99.1 Å². The number of aromatic nitrogens is 7. The van der Waals surface area contributed by atoms with E-state index >= 15 is 4.79 Å². The summed E-state index contributed by atoms with van der Waals surface area (Å²) in [6.07, 6.45) is 4.76. The largest absolute Gasteiger partial charge is 0.494 e. The Bertz CT molecular complexity index is 2730. The molecule has 0 aliphatic carbocycles. The van der Waals surface area contributed by atoms with E-state index < -0.39 is 0 Å². The third-order valence-electron chi connectivity index (χ3n) is 11.8. The van der Waals surface area contributed by atoms with Crippen molar-refractivity contribution in [2.24, 2.45) is 7.05 Å². The molecule has 1 unspecified atom stereocenters. The van der Waals surface area contributed by atoms with Gasteiger partial charge >= 0.3 is 0 Å². The number of hydrogen-bond acceptors (Lipinski definition) is 7. The lowest BCUT2D eigenvalue weighted by Gasteiger charge is -2.38. The number of nitrogens with zero attached hydrogens (tertiary/aromatic N) is 9. The summed E-state index contributed by atoms with van der Waals surface area (Å²) in [6.45, 7) is 12.0. The summed E-state index contributed by atoms with van der Waals surface area (Å²) in [5, 5.41) is 11.9. The zero-order valence-electron chi connectivity index (χ0n) is 33.7. The minimum absolute atomic E-state index is 0.00470. The van der Waals surface area contributed by atoms with Gasteiger partial charge in [-0.2, -0.15) is 5.10 Å². The lowest BCUT2D eigenvalue weighted by atomic mass is 9.98. The molecule has 296 valence electrons. The quantitative estimate of drug-likeness (QED) is 0.134. The number of hydrogen-bond donors (Lipinski definition) is 0. The van der Waals surface area contributed by atoms with Gasteiger partial charge in [-0.15, -0.1) is 5.10 Å². The Morgan fingerprint density at radius 3 is 2.41 bits per heavy atom. The zero-order chi connectivity index (χ0) is 40.6. The number of anilines is 1. The average Bonchev–Trinajstić information content (AvgIpc) is 3.97. The third-order valence-corrected chi connectivity index (χ3v) is 12.8. The van der Waals surface area contributed by atoms with Crippen molar-refractivity contribution in [2.75, 3.05) is 31.6 Å². The van der Waals surface area contributed by atoms with Crippen molar-refractivity contribution in [2.45, 2.75) is 59.5 Å². The number of benzene rings is 3. The molecular weight excluding hydrogens is 769 g/mol. The fraction of sp³-hybridized carbons (Fsp3) is 0.311. The Hall–Kier alpha value is -5.65. The van der Waals surface area contributed by atoms with Gasteiger partial charge in [-0.3, -0.25) is 9.48 Å². The van der Waals surface area contributed by atoms with Crippen LogP contribution in [0.4, 0.5) is 5.69 Å².